The van der Waals surface area contributed by atoms with Gasteiger partial charge in [-0.05, 0) is 80.7 Å². The number of nitrogens with one attached hydrogen (secondary N) is 3. The predicted octanol–water partition coefficient (Wildman–Crippen LogP) is 1.85. The van der Waals surface area contributed by atoms with Crippen LogP contribution in [-0.4, -0.2) is 119 Å². The summed E-state index contributed by atoms with van der Waals surface area (Å²) in [5, 5.41) is 27.8. The van der Waals surface area contributed by atoms with Gasteiger partial charge in [-0.25, -0.2) is 14.2 Å². The summed E-state index contributed by atoms with van der Waals surface area (Å²) in [6, 6.07) is 0.492. The molecule has 1 aliphatic carbocycles. The van der Waals surface area contributed by atoms with E-state index in [0.717, 1.165) is 70.5 Å². The number of rotatable bonds is 18. The maximum atomic E-state index is 14.7. The van der Waals surface area contributed by atoms with E-state index in [1.807, 2.05) is 41.5 Å². The molecule has 354 valence electrons. The van der Waals surface area contributed by atoms with Gasteiger partial charge in [-0.15, -0.1) is 0 Å². The fraction of sp³-hybridized carbons (Fsp3) is 0.500. The molecule has 0 radical (unpaired) electrons. The first kappa shape index (κ1) is 53.2. The first-order valence-corrected chi connectivity index (χ1v) is 21.7. The maximum Gasteiger partial charge on any atom is 0.340 e. The Morgan fingerprint density at radius 3 is 2.31 bits per heavy atom. The molecule has 1 aromatic carbocycles. The number of ketones is 1. The van der Waals surface area contributed by atoms with Crippen molar-refractivity contribution in [2.45, 2.75) is 112 Å². The Hall–Kier alpha value is -6.18. The van der Waals surface area contributed by atoms with E-state index in [0.29, 0.717) is 23.1 Å². The summed E-state index contributed by atoms with van der Waals surface area (Å²) in [5.74, 6) is -5.47. The third-order valence-corrected chi connectivity index (χ3v) is 11.0. The van der Waals surface area contributed by atoms with Crippen LogP contribution in [0.2, 0.25) is 0 Å². The smallest absolute Gasteiger partial charge is 0.340 e. The predicted molar refractivity (Wildman–Crippen MR) is 237 cm³/mol. The van der Waals surface area contributed by atoms with Gasteiger partial charge < -0.3 is 41.4 Å². The van der Waals surface area contributed by atoms with Crippen molar-refractivity contribution in [2.24, 2.45) is 11.7 Å². The molecule has 0 bridgehead atoms. The molecule has 2 aliphatic heterocycles. The van der Waals surface area contributed by atoms with E-state index in [1.54, 1.807) is 6.08 Å². The molecule has 1 aromatic heterocycles. The average molecular weight is 909 g/mol. The van der Waals surface area contributed by atoms with Crippen LogP contribution < -0.4 is 21.7 Å². The molecule has 18 nitrogen and oxygen atoms in total. The molecule has 0 saturated heterocycles. The minimum atomic E-state index is -1.53. The van der Waals surface area contributed by atoms with Gasteiger partial charge in [-0.1, -0.05) is 40.7 Å². The number of hydrogen-bond donors (Lipinski definition) is 6. The van der Waals surface area contributed by atoms with Crippen LogP contribution in [0.1, 0.15) is 95.7 Å². The molecule has 0 saturated carbocycles. The number of carbonyl (C=O) groups excluding carboxylic acids is 8. The van der Waals surface area contributed by atoms with Gasteiger partial charge in [0.1, 0.15) is 37.8 Å². The number of cyclic esters (lactones) is 1. The summed E-state index contributed by atoms with van der Waals surface area (Å²) in [6.45, 7) is 13.6. The number of halogens is 1. The fourth-order valence-electron chi connectivity index (χ4n) is 7.20. The number of pyridine rings is 1. The number of amides is 6. The lowest BCUT2D eigenvalue weighted by Gasteiger charge is -2.25. The summed E-state index contributed by atoms with van der Waals surface area (Å²) in [6.07, 6.45) is 4.96. The van der Waals surface area contributed by atoms with Gasteiger partial charge in [0.2, 0.25) is 23.6 Å². The van der Waals surface area contributed by atoms with Crippen LogP contribution in [0.5, 0.6) is 0 Å². The molecule has 19 heteroatoms. The topological polar surface area (TPSA) is 274 Å². The number of hydrogen-bond acceptors (Lipinski definition) is 13. The lowest BCUT2D eigenvalue weighted by Crippen LogP contribution is -2.50. The van der Waals surface area contributed by atoms with Crippen LogP contribution in [0, 0.1) is 18.7 Å². The highest BCUT2D eigenvalue weighted by atomic mass is 19.1. The molecule has 6 amide bonds. The number of Topliss-reactive ketones (excluding diaryl/α,β-unsaturated/α-hetero) is 1. The van der Waals surface area contributed by atoms with Crippen LogP contribution in [0.3, 0.4) is 0 Å². The Morgan fingerprint density at radius 2 is 1.69 bits per heavy atom. The van der Waals surface area contributed by atoms with E-state index in [4.69, 9.17) is 25.3 Å². The molecular formula is C46H61FN6O12. The molecule has 4 atom stereocenters. The number of imide groups is 1. The second-order valence-electron chi connectivity index (χ2n) is 15.4. The minimum absolute atomic E-state index is 0.0165. The SMILES string of the molecule is CC.CC(NC(=O)CN1C(=O)C=CC1=O)C(=O)NCC(=O)NCOCCC(O)C(N)=O.CCc1c(/C(C)=C/C2=C(C(=O)C(C)CC)COC(=O)C2O)nc2cc(F)c(C)c3c2c1CCC3. The van der Waals surface area contributed by atoms with E-state index in [2.05, 4.69) is 22.9 Å². The van der Waals surface area contributed by atoms with Crippen molar-refractivity contribution in [3.8, 4) is 0 Å². The molecule has 7 N–H and O–H groups in total. The molecule has 3 heterocycles. The van der Waals surface area contributed by atoms with E-state index in [9.17, 15) is 47.9 Å². The van der Waals surface area contributed by atoms with Crippen molar-refractivity contribution in [3.05, 3.63) is 69.2 Å². The highest BCUT2D eigenvalue weighted by Gasteiger charge is 2.34. The first-order valence-electron chi connectivity index (χ1n) is 21.7. The number of aromatic nitrogens is 1. The van der Waals surface area contributed by atoms with Gasteiger partial charge in [0, 0.05) is 47.1 Å². The van der Waals surface area contributed by atoms with Gasteiger partial charge in [0.05, 0.1) is 24.4 Å². The Bertz CT molecular complexity index is 2250. The lowest BCUT2D eigenvalue weighted by molar-refractivity contribution is -0.152. The zero-order valence-corrected chi connectivity index (χ0v) is 38.2. The van der Waals surface area contributed by atoms with E-state index in [-0.39, 0.29) is 56.0 Å². The molecule has 2 aromatic rings. The number of allylic oxidation sites excluding steroid dienone is 1. The summed E-state index contributed by atoms with van der Waals surface area (Å²) in [7, 11) is 0. The van der Waals surface area contributed by atoms with Crippen molar-refractivity contribution in [2.75, 3.05) is 33.0 Å². The number of nitrogens with two attached hydrogens (primary N) is 1. The van der Waals surface area contributed by atoms with Crippen LogP contribution in [0.15, 0.2) is 35.4 Å². The van der Waals surface area contributed by atoms with E-state index in [1.165, 1.54) is 18.6 Å². The zero-order valence-electron chi connectivity index (χ0n) is 38.2. The molecule has 0 fully saturated rings. The second kappa shape index (κ2) is 24.8. The quantitative estimate of drug-likeness (QED) is 0.0540. The third-order valence-electron chi connectivity index (χ3n) is 11.0. The Labute approximate surface area is 377 Å². The Balaban J connectivity index is 0.000000338. The van der Waals surface area contributed by atoms with Gasteiger partial charge >= 0.3 is 5.97 Å². The molecule has 0 spiro atoms. The number of ether oxygens (including phenoxy) is 2. The van der Waals surface area contributed by atoms with Gasteiger partial charge in [0.15, 0.2) is 11.9 Å². The number of nitrogens with zero attached hydrogens (tertiary/aromatic N) is 2. The molecule has 65 heavy (non-hydrogen) atoms. The van der Waals surface area contributed by atoms with Gasteiger partial charge in [-0.2, -0.15) is 0 Å². The Morgan fingerprint density at radius 1 is 1.05 bits per heavy atom. The highest BCUT2D eigenvalue weighted by Crippen LogP contribution is 2.38. The monoisotopic (exact) mass is 908 g/mol. The fourth-order valence-corrected chi connectivity index (χ4v) is 7.20. The number of carbonyl (C=O) groups is 8. The standard InChI is InChI=1S/C28H32FNO4.C16H23N5O8.C2H6/c1-6-14(3)26(31)21-13-34-28(33)27(32)20(21)11-15(4)25-17(7-2)19-10-8-9-18-16(5)22(29)12-23(30-25)24(18)19;1-9(20-12(24)7-21-13(25)2-3-14(21)26)16(28)18-6-11(23)19-8-29-5-4-10(22)15(17)27;1-2/h11-12,14,27,32H,6-10,13H2,1-5H3;2-3,9-10,22H,4-8H2,1H3,(H2,17,27)(H,18,28)(H,19,23)(H,20,24);1-2H3/b15-11+;;. The zero-order chi connectivity index (χ0) is 48.7. The third kappa shape index (κ3) is 13.7. The molecule has 3 aliphatic rings. The van der Waals surface area contributed by atoms with Crippen LogP contribution in [0.25, 0.3) is 16.5 Å². The van der Waals surface area contributed by atoms with Crippen LogP contribution in [0.4, 0.5) is 4.39 Å². The summed E-state index contributed by atoms with van der Waals surface area (Å²) >= 11 is 0. The number of esters is 1. The number of aliphatic hydroxyl groups is 2. The lowest BCUT2D eigenvalue weighted by atomic mass is 9.83. The maximum absolute atomic E-state index is 14.7. The minimum Gasteiger partial charge on any atom is -0.458 e. The Kier molecular flexibility index (Phi) is 20.3. The number of primary amides is 1. The summed E-state index contributed by atoms with van der Waals surface area (Å²) < 4.78 is 24.7. The number of aliphatic hydroxyl groups excluding tert-OH is 2. The van der Waals surface area contributed by atoms with Crippen molar-refractivity contribution < 1.29 is 62.4 Å². The van der Waals surface area contributed by atoms with Crippen LogP contribution in [-0.2, 0) is 67.1 Å². The first-order chi connectivity index (χ1) is 30.8. The van der Waals surface area contributed by atoms with E-state index >= 15 is 0 Å². The van der Waals surface area contributed by atoms with Crippen molar-refractivity contribution in [1.82, 2.24) is 25.8 Å². The van der Waals surface area contributed by atoms with E-state index < -0.39 is 66.2 Å². The van der Waals surface area contributed by atoms with Crippen LogP contribution >= 0.6 is 0 Å². The molecule has 5 rings (SSSR count). The van der Waals surface area contributed by atoms with Gasteiger partial charge in [-0.3, -0.25) is 38.5 Å². The second-order valence-corrected chi connectivity index (χ2v) is 15.4. The number of benzene rings is 1. The molecular weight excluding hydrogens is 848 g/mol. The van der Waals surface area contributed by atoms with Crippen molar-refractivity contribution >= 4 is 63.7 Å². The number of aryl methyl sites for hydroxylation is 2. The van der Waals surface area contributed by atoms with Crippen molar-refractivity contribution in [3.63, 3.8) is 0 Å². The van der Waals surface area contributed by atoms with Crippen molar-refractivity contribution in [1.29, 1.82) is 0 Å². The largest absolute Gasteiger partial charge is 0.458 e. The molecule has 4 unspecified atom stereocenters. The van der Waals surface area contributed by atoms with Gasteiger partial charge in [0.25, 0.3) is 11.8 Å². The summed E-state index contributed by atoms with van der Waals surface area (Å²) in [5.41, 5.74) is 11.6. The highest BCUT2D eigenvalue weighted by molar-refractivity contribution is 6.14. The average Bonchev–Trinajstić information content (AvgIpc) is 3.60. The normalized spacial score (nSPS) is 17.0. The summed E-state index contributed by atoms with van der Waals surface area (Å²) in [4.78, 5) is 99.4.